The molecule has 136 valence electrons. The van der Waals surface area contributed by atoms with Gasteiger partial charge in [0.2, 0.25) is 0 Å². The third kappa shape index (κ3) is 3.36. The molecule has 1 aliphatic carbocycles. The number of pyridine rings is 1. The molecular weight excluding hydrogens is 331 g/mol. The molecule has 1 saturated heterocycles. The summed E-state index contributed by atoms with van der Waals surface area (Å²) < 4.78 is 19.2. The Morgan fingerprint density at radius 3 is 2.77 bits per heavy atom. The van der Waals surface area contributed by atoms with Crippen LogP contribution in [0.3, 0.4) is 0 Å². The number of benzene rings is 1. The molecule has 4 rings (SSSR count). The maximum atomic E-state index is 13.1. The molecule has 0 bridgehead atoms. The molecule has 0 unspecified atom stereocenters. The fourth-order valence-corrected chi connectivity index (χ4v) is 4.43. The number of hydrogen-bond acceptors (Lipinski definition) is 3. The molecule has 1 saturated carbocycles. The van der Waals surface area contributed by atoms with Crippen LogP contribution in [0.2, 0.25) is 0 Å². The van der Waals surface area contributed by atoms with Crippen molar-refractivity contribution in [3.8, 4) is 0 Å². The first-order valence-electron chi connectivity index (χ1n) is 9.18. The van der Waals surface area contributed by atoms with E-state index < -0.39 is 0 Å². The number of amides is 1. The highest BCUT2D eigenvalue weighted by Gasteiger charge is 2.50. The standard InChI is InChI=1S/C21H23FN2O2/c22-19-5-3-17(4-6-19)20(25)24-12-18-2-1-9-21(18,14-24)15-26-13-16-7-10-23-11-8-16/h3-8,10-11,18H,1-2,9,12-15H2/t18-,21+/m0/s1. The minimum atomic E-state index is -0.319. The maximum Gasteiger partial charge on any atom is 0.253 e. The van der Waals surface area contributed by atoms with Gasteiger partial charge in [-0.05, 0) is 60.7 Å². The lowest BCUT2D eigenvalue weighted by molar-refractivity contribution is 0.0265. The van der Waals surface area contributed by atoms with Gasteiger partial charge in [-0.1, -0.05) is 6.42 Å². The van der Waals surface area contributed by atoms with Crippen molar-refractivity contribution in [2.45, 2.75) is 25.9 Å². The number of rotatable bonds is 5. The number of likely N-dealkylation sites (tertiary alicyclic amines) is 1. The van der Waals surface area contributed by atoms with E-state index >= 15 is 0 Å². The van der Waals surface area contributed by atoms with Gasteiger partial charge in [-0.25, -0.2) is 4.39 Å². The van der Waals surface area contributed by atoms with Gasteiger partial charge in [0.05, 0.1) is 13.2 Å². The normalized spacial score (nSPS) is 24.7. The smallest absolute Gasteiger partial charge is 0.253 e. The quantitative estimate of drug-likeness (QED) is 0.823. The third-order valence-electron chi connectivity index (χ3n) is 5.83. The van der Waals surface area contributed by atoms with Gasteiger partial charge >= 0.3 is 0 Å². The van der Waals surface area contributed by atoms with Crippen LogP contribution < -0.4 is 0 Å². The minimum absolute atomic E-state index is 0.00657. The molecular formula is C21H23FN2O2. The van der Waals surface area contributed by atoms with Gasteiger partial charge in [0.25, 0.3) is 5.91 Å². The second-order valence-corrected chi connectivity index (χ2v) is 7.49. The summed E-state index contributed by atoms with van der Waals surface area (Å²) >= 11 is 0. The van der Waals surface area contributed by atoms with E-state index in [4.69, 9.17) is 4.74 Å². The Morgan fingerprint density at radius 2 is 2.00 bits per heavy atom. The second-order valence-electron chi connectivity index (χ2n) is 7.49. The Balaban J connectivity index is 1.41. The van der Waals surface area contributed by atoms with Gasteiger partial charge in [-0.3, -0.25) is 9.78 Å². The number of halogens is 1. The molecule has 5 heteroatoms. The average molecular weight is 354 g/mol. The summed E-state index contributed by atoms with van der Waals surface area (Å²) in [6.45, 7) is 2.75. The molecule has 2 aromatic rings. The van der Waals surface area contributed by atoms with Gasteiger partial charge in [0.15, 0.2) is 0 Å². The first-order chi connectivity index (χ1) is 12.7. The minimum Gasteiger partial charge on any atom is -0.376 e. The van der Waals surface area contributed by atoms with Crippen LogP contribution in [0.4, 0.5) is 4.39 Å². The highest BCUT2D eigenvalue weighted by atomic mass is 19.1. The van der Waals surface area contributed by atoms with Crippen molar-refractivity contribution in [1.82, 2.24) is 9.88 Å². The summed E-state index contributed by atoms with van der Waals surface area (Å²) in [6.07, 6.45) is 6.98. The number of carbonyl (C=O) groups is 1. The van der Waals surface area contributed by atoms with Crippen LogP contribution >= 0.6 is 0 Å². The molecule has 0 spiro atoms. The van der Waals surface area contributed by atoms with Crippen molar-refractivity contribution in [3.05, 3.63) is 65.7 Å². The lowest BCUT2D eigenvalue weighted by Crippen LogP contribution is -2.34. The third-order valence-corrected chi connectivity index (χ3v) is 5.83. The second kappa shape index (κ2) is 7.16. The predicted octanol–water partition coefficient (Wildman–Crippen LogP) is 3.68. The Labute approximate surface area is 153 Å². The van der Waals surface area contributed by atoms with Crippen LogP contribution in [0.25, 0.3) is 0 Å². The van der Waals surface area contributed by atoms with E-state index in [0.717, 1.165) is 31.5 Å². The predicted molar refractivity (Wildman–Crippen MR) is 96.0 cm³/mol. The zero-order valence-corrected chi connectivity index (χ0v) is 14.7. The summed E-state index contributed by atoms with van der Waals surface area (Å²) in [5, 5.41) is 0. The number of hydrogen-bond donors (Lipinski definition) is 0. The SMILES string of the molecule is O=C(c1ccc(F)cc1)N1C[C@@H]2CCC[C@]2(COCc2ccncc2)C1. The van der Waals surface area contributed by atoms with Gasteiger partial charge in [0, 0.05) is 36.5 Å². The topological polar surface area (TPSA) is 42.4 Å². The molecule has 26 heavy (non-hydrogen) atoms. The number of carbonyl (C=O) groups excluding carboxylic acids is 1. The molecule has 2 atom stereocenters. The van der Waals surface area contributed by atoms with E-state index in [1.165, 1.54) is 18.6 Å². The molecule has 4 nitrogen and oxygen atoms in total. The monoisotopic (exact) mass is 354 g/mol. The van der Waals surface area contributed by atoms with Crippen molar-refractivity contribution < 1.29 is 13.9 Å². The number of aromatic nitrogens is 1. The van der Waals surface area contributed by atoms with Gasteiger partial charge in [-0.2, -0.15) is 0 Å². The number of fused-ring (bicyclic) bond motifs is 1. The maximum absolute atomic E-state index is 13.1. The molecule has 2 aliphatic rings. The fraction of sp³-hybridized carbons (Fsp3) is 0.429. The molecule has 2 heterocycles. The van der Waals surface area contributed by atoms with Gasteiger partial charge in [0.1, 0.15) is 5.82 Å². The van der Waals surface area contributed by atoms with Crippen LogP contribution in [0, 0.1) is 17.2 Å². The van der Waals surface area contributed by atoms with Crippen molar-refractivity contribution in [2.75, 3.05) is 19.7 Å². The molecule has 2 fully saturated rings. The molecule has 1 aliphatic heterocycles. The first-order valence-corrected chi connectivity index (χ1v) is 9.18. The van der Waals surface area contributed by atoms with Crippen molar-refractivity contribution >= 4 is 5.91 Å². The summed E-state index contributed by atoms with van der Waals surface area (Å²) in [4.78, 5) is 18.7. The van der Waals surface area contributed by atoms with Crippen LogP contribution in [0.5, 0.6) is 0 Å². The highest BCUT2D eigenvalue weighted by Crippen LogP contribution is 2.49. The van der Waals surface area contributed by atoms with E-state index in [1.54, 1.807) is 24.5 Å². The largest absolute Gasteiger partial charge is 0.376 e. The zero-order valence-electron chi connectivity index (χ0n) is 14.7. The Morgan fingerprint density at radius 1 is 1.23 bits per heavy atom. The molecule has 0 N–H and O–H groups in total. The lowest BCUT2D eigenvalue weighted by Gasteiger charge is -2.28. The average Bonchev–Trinajstić information content (AvgIpc) is 3.20. The van der Waals surface area contributed by atoms with Crippen LogP contribution in [0.1, 0.15) is 35.2 Å². The van der Waals surface area contributed by atoms with E-state index in [-0.39, 0.29) is 17.1 Å². The molecule has 0 radical (unpaired) electrons. The van der Waals surface area contributed by atoms with E-state index in [9.17, 15) is 9.18 Å². The summed E-state index contributed by atoms with van der Waals surface area (Å²) in [5.41, 5.74) is 1.73. The number of ether oxygens (including phenoxy) is 1. The fourth-order valence-electron chi connectivity index (χ4n) is 4.43. The Kier molecular flexibility index (Phi) is 4.72. The van der Waals surface area contributed by atoms with Crippen LogP contribution in [0.15, 0.2) is 48.8 Å². The van der Waals surface area contributed by atoms with Crippen molar-refractivity contribution in [3.63, 3.8) is 0 Å². The van der Waals surface area contributed by atoms with E-state index in [2.05, 4.69) is 4.98 Å². The molecule has 1 aromatic carbocycles. The van der Waals surface area contributed by atoms with Gasteiger partial charge < -0.3 is 9.64 Å². The van der Waals surface area contributed by atoms with Crippen LogP contribution in [-0.2, 0) is 11.3 Å². The highest BCUT2D eigenvalue weighted by molar-refractivity contribution is 5.94. The Bertz CT molecular complexity index is 765. The molecule has 1 aromatic heterocycles. The zero-order chi connectivity index (χ0) is 18.0. The van der Waals surface area contributed by atoms with Crippen molar-refractivity contribution in [2.24, 2.45) is 11.3 Å². The van der Waals surface area contributed by atoms with E-state index in [0.29, 0.717) is 24.7 Å². The van der Waals surface area contributed by atoms with Crippen LogP contribution in [-0.4, -0.2) is 35.5 Å². The van der Waals surface area contributed by atoms with Crippen molar-refractivity contribution in [1.29, 1.82) is 0 Å². The van der Waals surface area contributed by atoms with E-state index in [1.807, 2.05) is 17.0 Å². The molecule has 1 amide bonds. The van der Waals surface area contributed by atoms with Gasteiger partial charge in [-0.15, -0.1) is 0 Å². The Hall–Kier alpha value is -2.27. The number of nitrogens with zero attached hydrogens (tertiary/aromatic N) is 2. The summed E-state index contributed by atoms with van der Waals surface area (Å²) in [7, 11) is 0. The summed E-state index contributed by atoms with van der Waals surface area (Å²) in [6, 6.07) is 9.75. The summed E-state index contributed by atoms with van der Waals surface area (Å²) in [5.74, 6) is 0.165. The lowest BCUT2D eigenvalue weighted by atomic mass is 9.81. The first kappa shape index (κ1) is 17.2.